The Kier molecular flexibility index (Phi) is 10.9. The molecule has 0 aromatic carbocycles. The van der Waals surface area contributed by atoms with Gasteiger partial charge in [0.1, 0.15) is 0 Å². The minimum atomic E-state index is 0.623. The number of nitrogens with zero attached hydrogens (tertiary/aromatic N) is 3. The SMILES string of the molecule is CCCCCCC(CCCC)CN=[N+]=[N-]. The molecule has 0 aromatic heterocycles. The van der Waals surface area contributed by atoms with Crippen LogP contribution in [-0.2, 0) is 0 Å². The van der Waals surface area contributed by atoms with Crippen molar-refractivity contribution < 1.29 is 0 Å². The van der Waals surface area contributed by atoms with Crippen molar-refractivity contribution in [2.45, 2.75) is 65.2 Å². The van der Waals surface area contributed by atoms with Gasteiger partial charge in [-0.1, -0.05) is 70.3 Å². The second kappa shape index (κ2) is 11.4. The molecule has 0 aliphatic heterocycles. The molecule has 1 unspecified atom stereocenters. The van der Waals surface area contributed by atoms with Crippen LogP contribution in [0.2, 0.25) is 0 Å². The van der Waals surface area contributed by atoms with Crippen molar-refractivity contribution in [2.24, 2.45) is 11.0 Å². The molecule has 0 saturated heterocycles. The molecule has 0 bridgehead atoms. The van der Waals surface area contributed by atoms with Gasteiger partial charge in [0.05, 0.1) is 0 Å². The van der Waals surface area contributed by atoms with Crippen molar-refractivity contribution in [2.75, 3.05) is 6.54 Å². The van der Waals surface area contributed by atoms with Gasteiger partial charge in [-0.15, -0.1) is 0 Å². The van der Waals surface area contributed by atoms with Crippen LogP contribution in [-0.4, -0.2) is 6.54 Å². The van der Waals surface area contributed by atoms with Gasteiger partial charge in [-0.3, -0.25) is 0 Å². The predicted octanol–water partition coefficient (Wildman–Crippen LogP) is 5.07. The lowest BCUT2D eigenvalue weighted by Crippen LogP contribution is -2.04. The van der Waals surface area contributed by atoms with Gasteiger partial charge in [-0.05, 0) is 11.4 Å². The molecule has 0 fully saturated rings. The molecule has 0 rings (SSSR count). The summed E-state index contributed by atoms with van der Waals surface area (Å²) in [6, 6.07) is 0. The van der Waals surface area contributed by atoms with Crippen LogP contribution in [0.25, 0.3) is 10.4 Å². The molecule has 1 atom stereocenters. The van der Waals surface area contributed by atoms with Crippen LogP contribution in [0.3, 0.4) is 0 Å². The highest BCUT2D eigenvalue weighted by molar-refractivity contribution is 4.63. The first-order valence-electron chi connectivity index (χ1n) is 6.36. The van der Waals surface area contributed by atoms with Gasteiger partial charge in [0.15, 0.2) is 0 Å². The normalized spacial score (nSPS) is 12.1. The lowest BCUT2D eigenvalue weighted by molar-refractivity contribution is 0.420. The molecular weight excluding hydrogens is 186 g/mol. The van der Waals surface area contributed by atoms with Crippen LogP contribution in [0.5, 0.6) is 0 Å². The van der Waals surface area contributed by atoms with Crippen LogP contribution in [0.1, 0.15) is 65.2 Å². The fourth-order valence-corrected chi connectivity index (χ4v) is 1.83. The van der Waals surface area contributed by atoms with Gasteiger partial charge < -0.3 is 0 Å². The summed E-state index contributed by atoms with van der Waals surface area (Å²) < 4.78 is 0. The maximum Gasteiger partial charge on any atom is 0.0286 e. The third kappa shape index (κ3) is 9.61. The van der Waals surface area contributed by atoms with E-state index in [0.717, 1.165) is 0 Å². The summed E-state index contributed by atoms with van der Waals surface area (Å²) in [5, 5.41) is 3.70. The second-order valence-corrected chi connectivity index (χ2v) is 4.27. The fraction of sp³-hybridized carbons (Fsp3) is 1.00. The average molecular weight is 211 g/mol. The number of unbranched alkanes of at least 4 members (excludes halogenated alkanes) is 4. The lowest BCUT2D eigenvalue weighted by atomic mass is 9.95. The Morgan fingerprint density at radius 1 is 1.00 bits per heavy atom. The van der Waals surface area contributed by atoms with Gasteiger partial charge in [-0.2, -0.15) is 0 Å². The van der Waals surface area contributed by atoms with Gasteiger partial charge in [0, 0.05) is 11.5 Å². The van der Waals surface area contributed by atoms with Gasteiger partial charge in [0.25, 0.3) is 0 Å². The molecule has 0 spiro atoms. The van der Waals surface area contributed by atoms with E-state index in [1.54, 1.807) is 0 Å². The quantitative estimate of drug-likeness (QED) is 0.209. The topological polar surface area (TPSA) is 48.8 Å². The van der Waals surface area contributed by atoms with Crippen molar-refractivity contribution in [3.63, 3.8) is 0 Å². The van der Waals surface area contributed by atoms with Crippen LogP contribution in [0, 0.1) is 5.92 Å². The smallest absolute Gasteiger partial charge is 0.0286 e. The summed E-state index contributed by atoms with van der Waals surface area (Å²) in [5.41, 5.74) is 8.31. The van der Waals surface area contributed by atoms with E-state index in [-0.39, 0.29) is 0 Å². The number of rotatable bonds is 10. The zero-order valence-corrected chi connectivity index (χ0v) is 10.3. The summed E-state index contributed by atoms with van der Waals surface area (Å²) in [4.78, 5) is 2.85. The highest BCUT2D eigenvalue weighted by atomic mass is 15.1. The molecule has 0 N–H and O–H groups in total. The van der Waals surface area contributed by atoms with Crippen LogP contribution in [0.4, 0.5) is 0 Å². The Labute approximate surface area is 93.9 Å². The highest BCUT2D eigenvalue weighted by Gasteiger charge is 2.06. The molecule has 0 aliphatic rings. The van der Waals surface area contributed by atoms with Crippen molar-refractivity contribution in [3.8, 4) is 0 Å². The second-order valence-electron chi connectivity index (χ2n) is 4.27. The first-order chi connectivity index (χ1) is 7.35. The number of hydrogen-bond acceptors (Lipinski definition) is 1. The minimum absolute atomic E-state index is 0.623. The summed E-state index contributed by atoms with van der Waals surface area (Å²) in [6.45, 7) is 5.14. The molecule has 15 heavy (non-hydrogen) atoms. The van der Waals surface area contributed by atoms with E-state index in [0.29, 0.717) is 12.5 Å². The van der Waals surface area contributed by atoms with Crippen molar-refractivity contribution in [3.05, 3.63) is 10.4 Å². The predicted molar refractivity (Wildman–Crippen MR) is 65.8 cm³/mol. The van der Waals surface area contributed by atoms with Crippen LogP contribution >= 0.6 is 0 Å². The van der Waals surface area contributed by atoms with E-state index in [1.165, 1.54) is 51.4 Å². The molecule has 88 valence electrons. The Morgan fingerprint density at radius 2 is 1.67 bits per heavy atom. The zero-order valence-electron chi connectivity index (χ0n) is 10.3. The van der Waals surface area contributed by atoms with Gasteiger partial charge >= 0.3 is 0 Å². The molecule has 3 heteroatoms. The molecule has 0 aromatic rings. The number of hydrogen-bond donors (Lipinski definition) is 0. The summed E-state index contributed by atoms with van der Waals surface area (Å²) in [5.74, 6) is 0.623. The Balaban J connectivity index is 3.63. The van der Waals surface area contributed by atoms with E-state index in [9.17, 15) is 0 Å². The molecule has 0 aliphatic carbocycles. The van der Waals surface area contributed by atoms with E-state index in [2.05, 4.69) is 23.9 Å². The minimum Gasteiger partial charge on any atom is -0.0937 e. The Bertz CT molecular complexity index is 174. The van der Waals surface area contributed by atoms with Crippen LogP contribution in [0.15, 0.2) is 5.11 Å². The monoisotopic (exact) mass is 211 g/mol. The average Bonchev–Trinajstić information content (AvgIpc) is 2.27. The first-order valence-corrected chi connectivity index (χ1v) is 6.36. The van der Waals surface area contributed by atoms with E-state index < -0.39 is 0 Å². The molecule has 0 saturated carbocycles. The third-order valence-electron chi connectivity index (χ3n) is 2.83. The maximum atomic E-state index is 8.31. The van der Waals surface area contributed by atoms with Crippen molar-refractivity contribution in [1.29, 1.82) is 0 Å². The van der Waals surface area contributed by atoms with Crippen molar-refractivity contribution >= 4 is 0 Å². The summed E-state index contributed by atoms with van der Waals surface area (Å²) in [6.07, 6.45) is 10.2. The molecule has 3 nitrogen and oxygen atoms in total. The Morgan fingerprint density at radius 3 is 2.27 bits per heavy atom. The number of azide groups is 1. The lowest BCUT2D eigenvalue weighted by Gasteiger charge is -2.13. The van der Waals surface area contributed by atoms with E-state index in [1.807, 2.05) is 0 Å². The summed E-state index contributed by atoms with van der Waals surface area (Å²) in [7, 11) is 0. The standard InChI is InChI=1S/C12H25N3/c1-3-5-7-8-10-12(9-6-4-2)11-14-15-13/h12H,3-11H2,1-2H3. The van der Waals surface area contributed by atoms with Crippen molar-refractivity contribution in [1.82, 2.24) is 0 Å². The highest BCUT2D eigenvalue weighted by Crippen LogP contribution is 2.17. The largest absolute Gasteiger partial charge is 0.0937 e. The van der Waals surface area contributed by atoms with Gasteiger partial charge in [-0.25, -0.2) is 0 Å². The van der Waals surface area contributed by atoms with E-state index >= 15 is 0 Å². The zero-order chi connectivity index (χ0) is 11.4. The molecule has 0 heterocycles. The fourth-order valence-electron chi connectivity index (χ4n) is 1.83. The van der Waals surface area contributed by atoms with Crippen LogP contribution < -0.4 is 0 Å². The Hall–Kier alpha value is -0.690. The maximum absolute atomic E-state index is 8.31. The van der Waals surface area contributed by atoms with E-state index in [4.69, 9.17) is 5.53 Å². The molecule has 0 amide bonds. The third-order valence-corrected chi connectivity index (χ3v) is 2.83. The van der Waals surface area contributed by atoms with Gasteiger partial charge in [0.2, 0.25) is 0 Å². The molecule has 0 radical (unpaired) electrons. The molecular formula is C12H25N3. The first kappa shape index (κ1) is 14.3. The summed E-state index contributed by atoms with van der Waals surface area (Å²) >= 11 is 0.